The van der Waals surface area contributed by atoms with Gasteiger partial charge >= 0.3 is 0 Å². The van der Waals surface area contributed by atoms with Crippen LogP contribution in [0.15, 0.2) is 23.6 Å². The Labute approximate surface area is 128 Å². The molecule has 1 aromatic carbocycles. The summed E-state index contributed by atoms with van der Waals surface area (Å²) in [6, 6.07) is 5.28. The van der Waals surface area contributed by atoms with Crippen molar-refractivity contribution in [1.82, 2.24) is 9.88 Å². The number of carbonyl (C=O) groups excluding carboxylic acids is 1. The van der Waals surface area contributed by atoms with Crippen molar-refractivity contribution in [3.63, 3.8) is 0 Å². The molecule has 1 heterocycles. The molecule has 0 N–H and O–H groups in total. The van der Waals surface area contributed by atoms with E-state index in [4.69, 9.17) is 9.47 Å². The van der Waals surface area contributed by atoms with Crippen LogP contribution in [0.1, 0.15) is 21.1 Å². The number of hydrogen-bond donors (Lipinski definition) is 0. The second kappa shape index (κ2) is 6.58. The van der Waals surface area contributed by atoms with Crippen LogP contribution < -0.4 is 9.47 Å². The van der Waals surface area contributed by atoms with Gasteiger partial charge in [-0.25, -0.2) is 4.98 Å². The van der Waals surface area contributed by atoms with Crippen LogP contribution in [0.25, 0.3) is 0 Å². The van der Waals surface area contributed by atoms with Crippen LogP contribution in [0.4, 0.5) is 0 Å². The minimum Gasteiger partial charge on any atom is -0.496 e. The predicted molar refractivity (Wildman–Crippen MR) is 82.2 cm³/mol. The van der Waals surface area contributed by atoms with Crippen LogP contribution >= 0.6 is 11.3 Å². The van der Waals surface area contributed by atoms with Gasteiger partial charge in [0.15, 0.2) is 0 Å². The molecule has 1 amide bonds. The molecule has 0 unspecified atom stereocenters. The minimum absolute atomic E-state index is 0.157. The molecular weight excluding hydrogens is 288 g/mol. The molecule has 0 fully saturated rings. The molecule has 0 bridgehead atoms. The van der Waals surface area contributed by atoms with Crippen molar-refractivity contribution >= 4 is 17.2 Å². The first kappa shape index (κ1) is 15.3. The van der Waals surface area contributed by atoms with Crippen LogP contribution in [0.5, 0.6) is 11.5 Å². The molecule has 0 saturated heterocycles. The molecule has 0 aliphatic rings. The van der Waals surface area contributed by atoms with Gasteiger partial charge in [0.1, 0.15) is 17.1 Å². The van der Waals surface area contributed by atoms with Crippen molar-refractivity contribution < 1.29 is 14.3 Å². The molecule has 0 aliphatic heterocycles. The van der Waals surface area contributed by atoms with Gasteiger partial charge in [-0.15, -0.1) is 11.3 Å². The highest BCUT2D eigenvalue weighted by Crippen LogP contribution is 2.29. The molecule has 1 aromatic heterocycles. The van der Waals surface area contributed by atoms with E-state index in [1.807, 2.05) is 12.3 Å². The average Bonchev–Trinajstić information content (AvgIpc) is 2.90. The zero-order valence-corrected chi connectivity index (χ0v) is 13.4. The number of benzene rings is 1. The lowest BCUT2D eigenvalue weighted by Crippen LogP contribution is -2.27. The van der Waals surface area contributed by atoms with Gasteiger partial charge in [0.2, 0.25) is 0 Å². The zero-order chi connectivity index (χ0) is 15.4. The predicted octanol–water partition coefficient (Wildman–Crippen LogP) is 2.74. The molecule has 0 aliphatic carbocycles. The average molecular weight is 306 g/mol. The van der Waals surface area contributed by atoms with E-state index in [0.717, 1.165) is 10.7 Å². The number of aromatic nitrogens is 1. The Morgan fingerprint density at radius 3 is 2.38 bits per heavy atom. The van der Waals surface area contributed by atoms with Gasteiger partial charge in [0.05, 0.1) is 31.5 Å². The van der Waals surface area contributed by atoms with Gasteiger partial charge in [-0.1, -0.05) is 6.07 Å². The van der Waals surface area contributed by atoms with Crippen molar-refractivity contribution in [2.45, 2.75) is 13.5 Å². The van der Waals surface area contributed by atoms with Gasteiger partial charge in [0, 0.05) is 12.4 Å². The lowest BCUT2D eigenvalue weighted by Gasteiger charge is -2.19. The second-order valence-corrected chi connectivity index (χ2v) is 5.62. The van der Waals surface area contributed by atoms with E-state index in [1.54, 1.807) is 41.5 Å². The third kappa shape index (κ3) is 3.33. The van der Waals surface area contributed by atoms with E-state index >= 15 is 0 Å². The van der Waals surface area contributed by atoms with Crippen LogP contribution in [0, 0.1) is 6.92 Å². The van der Waals surface area contributed by atoms with Crippen molar-refractivity contribution in [1.29, 1.82) is 0 Å². The number of rotatable bonds is 5. The van der Waals surface area contributed by atoms with Gasteiger partial charge in [-0.05, 0) is 19.1 Å². The lowest BCUT2D eigenvalue weighted by molar-refractivity contribution is 0.0776. The molecule has 0 radical (unpaired) electrons. The molecule has 5 nitrogen and oxygen atoms in total. The molecule has 0 atom stereocenters. The number of thiazole rings is 1. The van der Waals surface area contributed by atoms with Crippen molar-refractivity contribution in [2.24, 2.45) is 0 Å². The summed E-state index contributed by atoms with van der Waals surface area (Å²) < 4.78 is 10.5. The van der Waals surface area contributed by atoms with E-state index in [-0.39, 0.29) is 5.91 Å². The number of hydrogen-bond acceptors (Lipinski definition) is 5. The topological polar surface area (TPSA) is 51.7 Å². The second-order valence-electron chi connectivity index (χ2n) is 4.56. The maximum atomic E-state index is 12.7. The molecule has 112 valence electrons. The summed E-state index contributed by atoms with van der Waals surface area (Å²) in [5, 5.41) is 2.94. The Bertz CT molecular complexity index is 617. The number of aryl methyl sites for hydroxylation is 1. The summed E-state index contributed by atoms with van der Waals surface area (Å²) in [7, 11) is 4.81. The normalized spacial score (nSPS) is 10.3. The lowest BCUT2D eigenvalue weighted by atomic mass is 10.1. The number of ether oxygens (including phenoxy) is 2. The standard InChI is InChI=1S/C15H18N2O3S/c1-10-16-11(9-21-10)8-17(2)15(18)14-12(19-3)6-5-7-13(14)20-4/h5-7,9H,8H2,1-4H3. The highest BCUT2D eigenvalue weighted by Gasteiger charge is 2.22. The Kier molecular flexibility index (Phi) is 4.80. The maximum absolute atomic E-state index is 12.7. The summed E-state index contributed by atoms with van der Waals surface area (Å²) in [4.78, 5) is 18.6. The number of amides is 1. The van der Waals surface area contributed by atoms with Crippen LogP contribution in [-0.2, 0) is 6.54 Å². The van der Waals surface area contributed by atoms with Crippen molar-refractivity contribution in [2.75, 3.05) is 21.3 Å². The van der Waals surface area contributed by atoms with Gasteiger partial charge < -0.3 is 14.4 Å². The van der Waals surface area contributed by atoms with Crippen LogP contribution in [-0.4, -0.2) is 37.1 Å². The Morgan fingerprint density at radius 1 is 1.29 bits per heavy atom. The Morgan fingerprint density at radius 2 is 1.90 bits per heavy atom. The van der Waals surface area contributed by atoms with Gasteiger partial charge in [-0.2, -0.15) is 0 Å². The molecule has 21 heavy (non-hydrogen) atoms. The summed E-state index contributed by atoms with van der Waals surface area (Å²) >= 11 is 1.57. The summed E-state index contributed by atoms with van der Waals surface area (Å²) in [5.41, 5.74) is 1.30. The largest absolute Gasteiger partial charge is 0.496 e. The van der Waals surface area contributed by atoms with Crippen LogP contribution in [0.3, 0.4) is 0 Å². The summed E-state index contributed by atoms with van der Waals surface area (Å²) in [6.07, 6.45) is 0. The molecule has 2 rings (SSSR count). The van der Waals surface area contributed by atoms with Crippen molar-refractivity contribution in [3.8, 4) is 11.5 Å². The van der Waals surface area contributed by atoms with E-state index in [2.05, 4.69) is 4.98 Å². The maximum Gasteiger partial charge on any atom is 0.261 e. The third-order valence-corrected chi connectivity index (χ3v) is 3.88. The highest BCUT2D eigenvalue weighted by molar-refractivity contribution is 7.09. The quantitative estimate of drug-likeness (QED) is 0.852. The van der Waals surface area contributed by atoms with Crippen LogP contribution in [0.2, 0.25) is 0 Å². The molecule has 2 aromatic rings. The number of methoxy groups -OCH3 is 2. The monoisotopic (exact) mass is 306 g/mol. The Balaban J connectivity index is 2.26. The minimum atomic E-state index is -0.157. The smallest absolute Gasteiger partial charge is 0.261 e. The molecule has 0 spiro atoms. The first-order valence-corrected chi connectivity index (χ1v) is 7.32. The SMILES string of the molecule is COc1cccc(OC)c1C(=O)N(C)Cc1csc(C)n1. The summed E-state index contributed by atoms with van der Waals surface area (Å²) in [6.45, 7) is 2.39. The fourth-order valence-electron chi connectivity index (χ4n) is 2.05. The fraction of sp³-hybridized carbons (Fsp3) is 0.333. The van der Waals surface area contributed by atoms with E-state index in [9.17, 15) is 4.79 Å². The first-order chi connectivity index (χ1) is 10.1. The fourth-order valence-corrected chi connectivity index (χ4v) is 2.65. The van der Waals surface area contributed by atoms with E-state index in [1.165, 1.54) is 14.2 Å². The van der Waals surface area contributed by atoms with Gasteiger partial charge in [0.25, 0.3) is 5.91 Å². The highest BCUT2D eigenvalue weighted by atomic mass is 32.1. The molecule has 6 heteroatoms. The van der Waals surface area contributed by atoms with E-state index in [0.29, 0.717) is 23.6 Å². The van der Waals surface area contributed by atoms with Crippen molar-refractivity contribution in [3.05, 3.63) is 39.8 Å². The zero-order valence-electron chi connectivity index (χ0n) is 12.5. The number of carbonyl (C=O) groups is 1. The molecule has 0 saturated carbocycles. The Hall–Kier alpha value is -2.08. The summed E-state index contributed by atoms with van der Waals surface area (Å²) in [5.74, 6) is 0.844. The number of nitrogens with zero attached hydrogens (tertiary/aromatic N) is 2. The molecular formula is C15H18N2O3S. The third-order valence-electron chi connectivity index (χ3n) is 3.05. The van der Waals surface area contributed by atoms with E-state index < -0.39 is 0 Å². The van der Waals surface area contributed by atoms with Gasteiger partial charge in [-0.3, -0.25) is 4.79 Å². The first-order valence-electron chi connectivity index (χ1n) is 6.44.